The van der Waals surface area contributed by atoms with Crippen LogP contribution in [0, 0.1) is 24.0 Å². The summed E-state index contributed by atoms with van der Waals surface area (Å²) in [6, 6.07) is 10.7. The van der Waals surface area contributed by atoms with Crippen LogP contribution in [-0.2, 0) is 4.79 Å². The van der Waals surface area contributed by atoms with E-state index in [9.17, 15) is 18.4 Å². The molecule has 5 rings (SSSR count). The molecule has 0 N–H and O–H groups in total. The molecule has 0 unspecified atom stereocenters. The lowest BCUT2D eigenvalue weighted by Gasteiger charge is -2.38. The third kappa shape index (κ3) is 3.41. The van der Waals surface area contributed by atoms with Crippen LogP contribution in [0.15, 0.2) is 42.5 Å². The highest BCUT2D eigenvalue weighted by atomic mass is 19.1. The smallest absolute Gasteiger partial charge is 0.253 e. The van der Waals surface area contributed by atoms with Crippen LogP contribution in [0.2, 0.25) is 0 Å². The van der Waals surface area contributed by atoms with Crippen LogP contribution < -0.4 is 0 Å². The van der Waals surface area contributed by atoms with Crippen molar-refractivity contribution in [3.05, 3.63) is 70.8 Å². The highest BCUT2D eigenvalue weighted by Crippen LogP contribution is 2.47. The van der Waals surface area contributed by atoms with E-state index >= 15 is 0 Å². The number of piperidine rings is 1. The maximum atomic E-state index is 13.8. The van der Waals surface area contributed by atoms with Crippen LogP contribution in [0.25, 0.3) is 0 Å². The van der Waals surface area contributed by atoms with Gasteiger partial charge in [-0.3, -0.25) is 14.6 Å². The fourth-order valence-electron chi connectivity index (χ4n) is 5.25. The van der Waals surface area contributed by atoms with Gasteiger partial charge in [0.25, 0.3) is 5.91 Å². The van der Waals surface area contributed by atoms with Gasteiger partial charge < -0.3 is 4.90 Å². The van der Waals surface area contributed by atoms with Crippen molar-refractivity contribution >= 4 is 11.8 Å². The third-order valence-electron chi connectivity index (χ3n) is 6.98. The maximum Gasteiger partial charge on any atom is 0.253 e. The predicted molar refractivity (Wildman–Crippen MR) is 111 cm³/mol. The van der Waals surface area contributed by atoms with Crippen LogP contribution in [-0.4, -0.2) is 52.9 Å². The van der Waals surface area contributed by atoms with Crippen molar-refractivity contribution in [2.75, 3.05) is 26.2 Å². The summed E-state index contributed by atoms with van der Waals surface area (Å²) in [5.74, 6) is -1.24. The highest BCUT2D eigenvalue weighted by Gasteiger charge is 2.56. The number of likely N-dealkylation sites (tertiary alicyclic amines) is 1. The highest BCUT2D eigenvalue weighted by molar-refractivity contribution is 5.94. The molecule has 0 bridgehead atoms. The van der Waals surface area contributed by atoms with Crippen molar-refractivity contribution in [2.24, 2.45) is 5.41 Å². The molecule has 162 valence electrons. The quantitative estimate of drug-likeness (QED) is 0.737. The van der Waals surface area contributed by atoms with E-state index in [1.807, 2.05) is 41.1 Å². The Morgan fingerprint density at radius 3 is 2.29 bits per heavy atom. The number of aryl methyl sites for hydroxylation is 1. The first-order valence-corrected chi connectivity index (χ1v) is 10.8. The Bertz CT molecular complexity index is 1010. The number of hydrogen-bond acceptors (Lipinski definition) is 3. The maximum absolute atomic E-state index is 13.8. The molecule has 1 atom stereocenters. The van der Waals surface area contributed by atoms with E-state index in [-0.39, 0.29) is 17.9 Å². The van der Waals surface area contributed by atoms with Gasteiger partial charge in [-0.2, -0.15) is 0 Å². The largest absolute Gasteiger partial charge is 0.339 e. The molecule has 0 aromatic heterocycles. The summed E-state index contributed by atoms with van der Waals surface area (Å²) in [6.45, 7) is 4.32. The average Bonchev–Trinajstić information content (AvgIpc) is 3.26. The summed E-state index contributed by atoms with van der Waals surface area (Å²) < 4.78 is 27.5. The Hall–Kier alpha value is -2.80. The number of carbonyl (C=O) groups is 2. The molecule has 1 spiro atoms. The van der Waals surface area contributed by atoms with E-state index in [1.54, 1.807) is 5.01 Å². The minimum atomic E-state index is -0.627. The minimum absolute atomic E-state index is 0.00536. The number of benzene rings is 2. The average molecular weight is 425 g/mol. The van der Waals surface area contributed by atoms with Gasteiger partial charge in [-0.15, -0.1) is 0 Å². The molecular weight excluding hydrogens is 400 g/mol. The minimum Gasteiger partial charge on any atom is -0.339 e. The molecule has 3 saturated heterocycles. The summed E-state index contributed by atoms with van der Waals surface area (Å²) in [6.07, 6.45) is 1.85. The van der Waals surface area contributed by atoms with Crippen LogP contribution in [0.3, 0.4) is 0 Å². The number of halogens is 2. The zero-order chi connectivity index (χ0) is 21.8. The predicted octanol–water partition coefficient (Wildman–Crippen LogP) is 3.70. The first-order chi connectivity index (χ1) is 14.9. The van der Waals surface area contributed by atoms with E-state index in [2.05, 4.69) is 0 Å². The molecule has 2 aromatic rings. The topological polar surface area (TPSA) is 43.9 Å². The normalized spacial score (nSPS) is 22.9. The van der Waals surface area contributed by atoms with Gasteiger partial charge in [0.15, 0.2) is 0 Å². The second kappa shape index (κ2) is 7.41. The van der Waals surface area contributed by atoms with E-state index in [0.717, 1.165) is 11.6 Å². The standard InChI is InChI=1S/C24H25F2N3O2/c1-16-2-4-17(5-3-16)22(30)27-10-7-24(8-11-27)15-28-9-6-21(29(28)23(24)31)18-12-19(25)14-20(26)13-18/h2-5,12-14,21H,6-11,15H2,1H3/t21-/m0/s1. The van der Waals surface area contributed by atoms with E-state index in [1.165, 1.54) is 12.1 Å². The van der Waals surface area contributed by atoms with Crippen molar-refractivity contribution < 1.29 is 18.4 Å². The lowest BCUT2D eigenvalue weighted by molar-refractivity contribution is -0.144. The van der Waals surface area contributed by atoms with Crippen molar-refractivity contribution in [1.82, 2.24) is 14.9 Å². The summed E-state index contributed by atoms with van der Waals surface area (Å²) >= 11 is 0. The van der Waals surface area contributed by atoms with Crippen LogP contribution in [0.1, 0.15) is 46.8 Å². The lowest BCUT2D eigenvalue weighted by Crippen LogP contribution is -2.47. The Kier molecular flexibility index (Phi) is 4.81. The molecule has 31 heavy (non-hydrogen) atoms. The molecule has 5 nitrogen and oxygen atoms in total. The Morgan fingerprint density at radius 2 is 1.65 bits per heavy atom. The molecule has 0 saturated carbocycles. The molecule has 0 radical (unpaired) electrons. The molecule has 3 aliphatic heterocycles. The van der Waals surface area contributed by atoms with Crippen LogP contribution >= 0.6 is 0 Å². The summed E-state index contributed by atoms with van der Waals surface area (Å²) in [7, 11) is 0. The second-order valence-electron chi connectivity index (χ2n) is 8.98. The lowest BCUT2D eigenvalue weighted by atomic mass is 9.77. The van der Waals surface area contributed by atoms with Crippen molar-refractivity contribution in [3.8, 4) is 0 Å². The van der Waals surface area contributed by atoms with Crippen molar-refractivity contribution in [1.29, 1.82) is 0 Å². The Labute approximate surface area is 180 Å². The molecular formula is C24H25F2N3O2. The van der Waals surface area contributed by atoms with Gasteiger partial charge in [0.1, 0.15) is 11.6 Å². The molecule has 7 heteroatoms. The Balaban J connectivity index is 1.31. The monoisotopic (exact) mass is 425 g/mol. The molecule has 2 aromatic carbocycles. The van der Waals surface area contributed by atoms with Gasteiger partial charge in [-0.1, -0.05) is 17.7 Å². The number of hydrogen-bond donors (Lipinski definition) is 0. The number of hydrazine groups is 1. The SMILES string of the molecule is Cc1ccc(C(=O)N2CCC3(CC2)CN2CC[C@@H](c4cc(F)cc(F)c4)N2C3=O)cc1. The van der Waals surface area contributed by atoms with Crippen molar-refractivity contribution in [2.45, 2.75) is 32.2 Å². The van der Waals surface area contributed by atoms with E-state index in [4.69, 9.17) is 0 Å². The number of rotatable bonds is 2. The van der Waals surface area contributed by atoms with Crippen LogP contribution in [0.4, 0.5) is 8.78 Å². The van der Waals surface area contributed by atoms with E-state index in [0.29, 0.717) is 56.6 Å². The molecule has 3 aliphatic rings. The van der Waals surface area contributed by atoms with Gasteiger partial charge in [-0.05, 0) is 56.0 Å². The summed E-state index contributed by atoms with van der Waals surface area (Å²) in [4.78, 5) is 28.2. The zero-order valence-electron chi connectivity index (χ0n) is 17.5. The fourth-order valence-corrected chi connectivity index (χ4v) is 5.25. The summed E-state index contributed by atoms with van der Waals surface area (Å²) in [5, 5.41) is 3.74. The number of carbonyl (C=O) groups excluding carboxylic acids is 2. The first-order valence-electron chi connectivity index (χ1n) is 10.8. The number of fused-ring (bicyclic) bond motifs is 1. The molecule has 0 aliphatic carbocycles. The van der Waals surface area contributed by atoms with Gasteiger partial charge in [-0.25, -0.2) is 13.8 Å². The molecule has 3 heterocycles. The number of amides is 2. The van der Waals surface area contributed by atoms with Gasteiger partial charge in [0, 0.05) is 37.8 Å². The van der Waals surface area contributed by atoms with Gasteiger partial charge in [0.2, 0.25) is 5.91 Å². The van der Waals surface area contributed by atoms with Gasteiger partial charge in [0.05, 0.1) is 11.5 Å². The summed E-state index contributed by atoms with van der Waals surface area (Å²) in [5.41, 5.74) is 1.73. The number of nitrogens with zero attached hydrogens (tertiary/aromatic N) is 3. The second-order valence-corrected chi connectivity index (χ2v) is 8.98. The van der Waals surface area contributed by atoms with Crippen LogP contribution in [0.5, 0.6) is 0 Å². The van der Waals surface area contributed by atoms with Gasteiger partial charge >= 0.3 is 0 Å². The third-order valence-corrected chi connectivity index (χ3v) is 6.98. The fraction of sp³-hybridized carbons (Fsp3) is 0.417. The zero-order valence-corrected chi connectivity index (χ0v) is 17.5. The van der Waals surface area contributed by atoms with Crippen molar-refractivity contribution in [3.63, 3.8) is 0 Å². The molecule has 3 fully saturated rings. The Morgan fingerprint density at radius 1 is 1.00 bits per heavy atom. The first kappa shape index (κ1) is 20.1. The van der Waals surface area contributed by atoms with E-state index < -0.39 is 17.0 Å². The molecule has 2 amide bonds.